The standard InChI is InChI=1S/C18H19N3O2/c1-13-3-2-4-14(11-13)20-6-8-21(9-7-20)18(22)16-12-17-15(19-16)5-10-23-17/h2-5,10-12,19H,6-9H2,1H3. The van der Waals surface area contributed by atoms with Crippen LogP contribution in [0.5, 0.6) is 0 Å². The third-order valence-corrected chi connectivity index (χ3v) is 4.40. The molecule has 1 saturated heterocycles. The lowest BCUT2D eigenvalue weighted by atomic mass is 10.2. The number of fused-ring (bicyclic) bond motifs is 1. The average Bonchev–Trinajstić information content (AvgIpc) is 3.16. The number of nitrogens with zero attached hydrogens (tertiary/aromatic N) is 2. The van der Waals surface area contributed by atoms with Crippen molar-refractivity contribution in [2.24, 2.45) is 0 Å². The molecule has 0 spiro atoms. The third-order valence-electron chi connectivity index (χ3n) is 4.40. The Kier molecular flexibility index (Phi) is 3.33. The molecule has 1 aliphatic heterocycles. The van der Waals surface area contributed by atoms with E-state index in [1.807, 2.05) is 11.0 Å². The first-order valence-corrected chi connectivity index (χ1v) is 7.88. The number of aromatic amines is 1. The highest BCUT2D eigenvalue weighted by atomic mass is 16.3. The second kappa shape index (κ2) is 5.50. The van der Waals surface area contributed by atoms with E-state index < -0.39 is 0 Å². The molecule has 3 heterocycles. The van der Waals surface area contributed by atoms with Crippen LogP contribution in [0.1, 0.15) is 16.1 Å². The van der Waals surface area contributed by atoms with Gasteiger partial charge in [0.05, 0.1) is 11.8 Å². The highest BCUT2D eigenvalue weighted by Crippen LogP contribution is 2.20. The van der Waals surface area contributed by atoms with Crippen molar-refractivity contribution in [2.45, 2.75) is 6.92 Å². The molecule has 0 unspecified atom stereocenters. The zero-order chi connectivity index (χ0) is 15.8. The molecule has 0 radical (unpaired) electrons. The number of H-pyrrole nitrogens is 1. The van der Waals surface area contributed by atoms with Crippen LogP contribution < -0.4 is 4.90 Å². The number of hydrogen-bond acceptors (Lipinski definition) is 3. The Morgan fingerprint density at radius 3 is 2.70 bits per heavy atom. The summed E-state index contributed by atoms with van der Waals surface area (Å²) < 4.78 is 5.31. The summed E-state index contributed by atoms with van der Waals surface area (Å²) in [6.07, 6.45) is 1.62. The number of carbonyl (C=O) groups is 1. The van der Waals surface area contributed by atoms with Crippen molar-refractivity contribution in [3.8, 4) is 0 Å². The van der Waals surface area contributed by atoms with Crippen LogP contribution in [0.25, 0.3) is 11.1 Å². The van der Waals surface area contributed by atoms with Crippen LogP contribution in [-0.4, -0.2) is 42.0 Å². The number of aromatic nitrogens is 1. The molecule has 0 aliphatic carbocycles. The summed E-state index contributed by atoms with van der Waals surface area (Å²) in [7, 11) is 0. The number of piperazine rings is 1. The van der Waals surface area contributed by atoms with E-state index in [4.69, 9.17) is 4.42 Å². The van der Waals surface area contributed by atoms with Crippen molar-refractivity contribution in [2.75, 3.05) is 31.1 Å². The molecule has 0 saturated carbocycles. The number of furan rings is 1. The van der Waals surface area contributed by atoms with E-state index >= 15 is 0 Å². The van der Waals surface area contributed by atoms with Gasteiger partial charge in [-0.05, 0) is 24.6 Å². The zero-order valence-electron chi connectivity index (χ0n) is 13.1. The maximum absolute atomic E-state index is 12.6. The summed E-state index contributed by atoms with van der Waals surface area (Å²) in [4.78, 5) is 20.0. The first-order chi connectivity index (χ1) is 11.2. The van der Waals surface area contributed by atoms with Crippen LogP contribution in [0.2, 0.25) is 0 Å². The Hall–Kier alpha value is -2.69. The fraction of sp³-hybridized carbons (Fsp3) is 0.278. The Morgan fingerprint density at radius 2 is 1.96 bits per heavy atom. The van der Waals surface area contributed by atoms with E-state index in [9.17, 15) is 4.79 Å². The van der Waals surface area contributed by atoms with Gasteiger partial charge in [-0.2, -0.15) is 0 Å². The number of rotatable bonds is 2. The quantitative estimate of drug-likeness (QED) is 0.791. The molecule has 2 aromatic heterocycles. The fourth-order valence-corrected chi connectivity index (χ4v) is 3.13. The van der Waals surface area contributed by atoms with Gasteiger partial charge in [0.15, 0.2) is 5.58 Å². The average molecular weight is 309 g/mol. The van der Waals surface area contributed by atoms with Gasteiger partial charge >= 0.3 is 0 Å². The van der Waals surface area contributed by atoms with E-state index in [0.29, 0.717) is 5.69 Å². The number of amides is 1. The van der Waals surface area contributed by atoms with Gasteiger partial charge in [0, 0.05) is 44.0 Å². The van der Waals surface area contributed by atoms with E-state index in [0.717, 1.165) is 37.3 Å². The first-order valence-electron chi connectivity index (χ1n) is 7.88. The van der Waals surface area contributed by atoms with Crippen LogP contribution >= 0.6 is 0 Å². The lowest BCUT2D eigenvalue weighted by Gasteiger charge is -2.36. The Labute approximate surface area is 134 Å². The van der Waals surface area contributed by atoms with Gasteiger partial charge in [-0.1, -0.05) is 12.1 Å². The van der Waals surface area contributed by atoms with Gasteiger partial charge in [-0.3, -0.25) is 4.79 Å². The van der Waals surface area contributed by atoms with Crippen LogP contribution in [0.4, 0.5) is 5.69 Å². The predicted molar refractivity (Wildman–Crippen MR) is 89.9 cm³/mol. The fourth-order valence-electron chi connectivity index (χ4n) is 3.13. The molecule has 1 fully saturated rings. The largest absolute Gasteiger partial charge is 0.463 e. The van der Waals surface area contributed by atoms with Crippen molar-refractivity contribution >= 4 is 22.7 Å². The van der Waals surface area contributed by atoms with Crippen molar-refractivity contribution in [1.82, 2.24) is 9.88 Å². The topological polar surface area (TPSA) is 52.5 Å². The smallest absolute Gasteiger partial charge is 0.270 e. The van der Waals surface area contributed by atoms with Crippen LogP contribution in [-0.2, 0) is 0 Å². The Balaban J connectivity index is 1.44. The SMILES string of the molecule is Cc1cccc(N2CCN(C(=O)c3cc4occc4[nH]3)CC2)c1. The van der Waals surface area contributed by atoms with E-state index in [-0.39, 0.29) is 5.91 Å². The first kappa shape index (κ1) is 13.9. The van der Waals surface area contributed by atoms with E-state index in [2.05, 4.69) is 41.1 Å². The summed E-state index contributed by atoms with van der Waals surface area (Å²) >= 11 is 0. The minimum atomic E-state index is 0.0419. The molecule has 1 amide bonds. The molecule has 5 heteroatoms. The number of benzene rings is 1. The lowest BCUT2D eigenvalue weighted by molar-refractivity contribution is 0.0742. The van der Waals surface area contributed by atoms with Gasteiger partial charge in [-0.25, -0.2) is 0 Å². The van der Waals surface area contributed by atoms with Gasteiger partial charge in [0.1, 0.15) is 5.69 Å². The minimum absolute atomic E-state index is 0.0419. The van der Waals surface area contributed by atoms with Crippen LogP contribution in [0.3, 0.4) is 0 Å². The molecule has 118 valence electrons. The van der Waals surface area contributed by atoms with Gasteiger partial charge in [0.25, 0.3) is 5.91 Å². The van der Waals surface area contributed by atoms with Gasteiger partial charge < -0.3 is 19.2 Å². The molecule has 1 N–H and O–H groups in total. The molecule has 0 bridgehead atoms. The van der Waals surface area contributed by atoms with Crippen molar-refractivity contribution in [1.29, 1.82) is 0 Å². The van der Waals surface area contributed by atoms with E-state index in [1.54, 1.807) is 12.3 Å². The number of aryl methyl sites for hydroxylation is 1. The number of anilines is 1. The number of nitrogens with one attached hydrogen (secondary N) is 1. The normalized spacial score (nSPS) is 15.3. The molecular weight excluding hydrogens is 290 g/mol. The molecule has 1 aliphatic rings. The molecular formula is C18H19N3O2. The van der Waals surface area contributed by atoms with Crippen molar-refractivity contribution in [3.63, 3.8) is 0 Å². The van der Waals surface area contributed by atoms with Crippen LogP contribution in [0, 0.1) is 6.92 Å². The summed E-state index contributed by atoms with van der Waals surface area (Å²) in [5.41, 5.74) is 4.69. The second-order valence-electron chi connectivity index (χ2n) is 6.00. The monoisotopic (exact) mass is 309 g/mol. The maximum Gasteiger partial charge on any atom is 0.270 e. The maximum atomic E-state index is 12.6. The van der Waals surface area contributed by atoms with Gasteiger partial charge in [-0.15, -0.1) is 0 Å². The molecule has 1 aromatic carbocycles. The number of hydrogen-bond donors (Lipinski definition) is 1. The van der Waals surface area contributed by atoms with Crippen molar-refractivity contribution < 1.29 is 9.21 Å². The summed E-state index contributed by atoms with van der Waals surface area (Å²) in [6.45, 7) is 5.27. The molecule has 0 atom stereocenters. The number of carbonyl (C=O) groups excluding carboxylic acids is 1. The van der Waals surface area contributed by atoms with Gasteiger partial charge in [0.2, 0.25) is 0 Å². The Morgan fingerprint density at radius 1 is 1.13 bits per heavy atom. The molecule has 5 nitrogen and oxygen atoms in total. The highest BCUT2D eigenvalue weighted by molar-refractivity contribution is 5.96. The lowest BCUT2D eigenvalue weighted by Crippen LogP contribution is -2.48. The van der Waals surface area contributed by atoms with Crippen LogP contribution in [0.15, 0.2) is 47.1 Å². The Bertz CT molecular complexity index is 812. The summed E-state index contributed by atoms with van der Waals surface area (Å²) in [5, 5.41) is 0. The molecule has 3 aromatic rings. The zero-order valence-corrected chi connectivity index (χ0v) is 13.1. The molecule has 4 rings (SSSR count). The predicted octanol–water partition coefficient (Wildman–Crippen LogP) is 3.03. The summed E-state index contributed by atoms with van der Waals surface area (Å²) in [6, 6.07) is 12.1. The van der Waals surface area contributed by atoms with Crippen molar-refractivity contribution in [3.05, 3.63) is 53.9 Å². The summed E-state index contributed by atoms with van der Waals surface area (Å²) in [5.74, 6) is 0.0419. The minimum Gasteiger partial charge on any atom is -0.463 e. The second-order valence-corrected chi connectivity index (χ2v) is 6.00. The highest BCUT2D eigenvalue weighted by Gasteiger charge is 2.23. The molecule has 23 heavy (non-hydrogen) atoms. The third kappa shape index (κ3) is 2.59. The van der Waals surface area contributed by atoms with E-state index in [1.165, 1.54) is 11.3 Å².